The average molecular weight is 448 g/mol. The van der Waals surface area contributed by atoms with E-state index in [1.807, 2.05) is 29.2 Å². The number of rotatable bonds is 11. The van der Waals surface area contributed by atoms with Crippen LogP contribution >= 0.6 is 12.6 Å². The number of benzene rings is 2. The van der Waals surface area contributed by atoms with E-state index in [-0.39, 0.29) is 0 Å². The Morgan fingerprint density at radius 2 is 1.81 bits per heavy atom. The van der Waals surface area contributed by atoms with Crippen LogP contribution in [0.5, 0.6) is 0 Å². The Balaban J connectivity index is 1.36. The minimum atomic E-state index is 0.427. The molecule has 0 bridgehead atoms. The molecular formula is C24H29N7S. The van der Waals surface area contributed by atoms with Gasteiger partial charge in [-0.15, -0.1) is 10.2 Å². The second-order valence-corrected chi connectivity index (χ2v) is 8.75. The van der Waals surface area contributed by atoms with Gasteiger partial charge in [-0.2, -0.15) is 22.9 Å². The first-order valence-electron chi connectivity index (χ1n) is 11.2. The van der Waals surface area contributed by atoms with Crippen LogP contribution in [0.1, 0.15) is 50.4 Å². The lowest BCUT2D eigenvalue weighted by Crippen LogP contribution is -2.04. The second kappa shape index (κ2) is 11.0. The third-order valence-corrected chi connectivity index (χ3v) is 6.07. The molecule has 7 nitrogen and oxygen atoms in total. The zero-order valence-corrected chi connectivity index (χ0v) is 19.2. The Morgan fingerprint density at radius 3 is 2.56 bits per heavy atom. The number of tetrazole rings is 1. The van der Waals surface area contributed by atoms with Crippen LogP contribution < -0.4 is 0 Å². The minimum Gasteiger partial charge on any atom is -0.248 e. The third-order valence-electron chi connectivity index (χ3n) is 5.55. The molecule has 2 heterocycles. The standard InChI is InChI=1S/C24H29N7S/c1-2-3-4-7-20(32)14-15-23-25-17-31(28-23)16-18-10-12-19(13-11-18)21-8-5-6-9-22(21)24-26-29-30-27-24/h5-6,8-13,17,20,32H,2-4,7,14-16H2,1H3,(H,26,27,29,30). The van der Waals surface area contributed by atoms with Crippen molar-refractivity contribution in [2.24, 2.45) is 0 Å². The van der Waals surface area contributed by atoms with Gasteiger partial charge in [0.2, 0.25) is 5.82 Å². The molecule has 1 unspecified atom stereocenters. The number of nitrogens with zero attached hydrogens (tertiary/aromatic N) is 6. The Labute approximate surface area is 194 Å². The highest BCUT2D eigenvalue weighted by Gasteiger charge is 2.11. The summed E-state index contributed by atoms with van der Waals surface area (Å²) in [7, 11) is 0. The molecule has 8 heteroatoms. The molecule has 0 aliphatic rings. The van der Waals surface area contributed by atoms with E-state index < -0.39 is 0 Å². The summed E-state index contributed by atoms with van der Waals surface area (Å²) < 4.78 is 1.90. The molecule has 0 fully saturated rings. The fraction of sp³-hybridized carbons (Fsp3) is 0.375. The smallest absolute Gasteiger partial charge is 0.205 e. The highest BCUT2D eigenvalue weighted by molar-refractivity contribution is 7.80. The Kier molecular flexibility index (Phi) is 7.66. The molecule has 166 valence electrons. The molecule has 0 aliphatic heterocycles. The van der Waals surface area contributed by atoms with Gasteiger partial charge in [-0.05, 0) is 34.7 Å². The van der Waals surface area contributed by atoms with E-state index in [2.05, 4.69) is 68.0 Å². The highest BCUT2D eigenvalue weighted by atomic mass is 32.1. The zero-order valence-electron chi connectivity index (χ0n) is 18.4. The molecule has 0 amide bonds. The summed E-state index contributed by atoms with van der Waals surface area (Å²) >= 11 is 4.71. The molecule has 0 aliphatic carbocycles. The van der Waals surface area contributed by atoms with Gasteiger partial charge < -0.3 is 0 Å². The first-order chi connectivity index (χ1) is 15.7. The zero-order chi connectivity index (χ0) is 22.2. The molecule has 0 spiro atoms. The Hall–Kier alpha value is -3.00. The normalized spacial score (nSPS) is 12.2. The lowest BCUT2D eigenvalue weighted by molar-refractivity contribution is 0.609. The van der Waals surface area contributed by atoms with Crippen molar-refractivity contribution in [1.29, 1.82) is 0 Å². The molecule has 0 saturated heterocycles. The number of aryl methyl sites for hydroxylation is 1. The maximum Gasteiger partial charge on any atom is 0.205 e. The van der Waals surface area contributed by atoms with Crippen LogP contribution in [0.2, 0.25) is 0 Å². The average Bonchev–Trinajstić information content (AvgIpc) is 3.51. The van der Waals surface area contributed by atoms with Crippen molar-refractivity contribution in [3.05, 3.63) is 66.2 Å². The third kappa shape index (κ3) is 5.82. The van der Waals surface area contributed by atoms with Crippen LogP contribution in [0.4, 0.5) is 0 Å². The number of hydrogen-bond acceptors (Lipinski definition) is 6. The van der Waals surface area contributed by atoms with Crippen molar-refractivity contribution in [2.45, 2.75) is 57.2 Å². The molecule has 4 rings (SSSR count). The number of nitrogens with one attached hydrogen (secondary N) is 1. The number of aromatic amines is 1. The van der Waals surface area contributed by atoms with Crippen molar-refractivity contribution in [3.63, 3.8) is 0 Å². The summed E-state index contributed by atoms with van der Waals surface area (Å²) in [6.45, 7) is 2.92. The van der Waals surface area contributed by atoms with Gasteiger partial charge in [0.25, 0.3) is 0 Å². The van der Waals surface area contributed by atoms with Gasteiger partial charge in [0.1, 0.15) is 6.33 Å². The van der Waals surface area contributed by atoms with E-state index in [9.17, 15) is 0 Å². The first-order valence-corrected chi connectivity index (χ1v) is 11.7. The van der Waals surface area contributed by atoms with Gasteiger partial charge in [0.05, 0.1) is 6.54 Å². The molecule has 4 aromatic rings. The van der Waals surface area contributed by atoms with E-state index in [1.165, 1.54) is 31.2 Å². The van der Waals surface area contributed by atoms with Crippen molar-refractivity contribution in [1.82, 2.24) is 35.4 Å². The predicted octanol–water partition coefficient (Wildman–Crippen LogP) is 4.98. The van der Waals surface area contributed by atoms with E-state index in [4.69, 9.17) is 12.6 Å². The number of hydrogen-bond donors (Lipinski definition) is 2. The maximum atomic E-state index is 4.71. The lowest BCUT2D eigenvalue weighted by atomic mass is 9.98. The van der Waals surface area contributed by atoms with Gasteiger partial charge in [-0.3, -0.25) is 0 Å². The van der Waals surface area contributed by atoms with E-state index in [1.54, 1.807) is 0 Å². The molecule has 1 atom stereocenters. The molecule has 0 saturated carbocycles. The summed E-state index contributed by atoms with van der Waals surface area (Å²) in [6.07, 6.45) is 8.66. The largest absolute Gasteiger partial charge is 0.248 e. The molecular weight excluding hydrogens is 418 g/mol. The molecule has 2 aromatic heterocycles. The molecule has 32 heavy (non-hydrogen) atoms. The number of thiol groups is 1. The van der Waals surface area contributed by atoms with Crippen LogP contribution in [0.15, 0.2) is 54.9 Å². The van der Waals surface area contributed by atoms with Gasteiger partial charge in [0, 0.05) is 17.2 Å². The molecule has 0 radical (unpaired) electrons. The van der Waals surface area contributed by atoms with Crippen LogP contribution in [-0.2, 0) is 13.0 Å². The van der Waals surface area contributed by atoms with Gasteiger partial charge in [-0.1, -0.05) is 74.7 Å². The minimum absolute atomic E-state index is 0.427. The monoisotopic (exact) mass is 447 g/mol. The predicted molar refractivity (Wildman–Crippen MR) is 129 cm³/mol. The van der Waals surface area contributed by atoms with Crippen LogP contribution in [0.25, 0.3) is 22.5 Å². The molecule has 1 N–H and O–H groups in total. The highest BCUT2D eigenvalue weighted by Crippen LogP contribution is 2.29. The van der Waals surface area contributed by atoms with Crippen molar-refractivity contribution < 1.29 is 0 Å². The van der Waals surface area contributed by atoms with Crippen LogP contribution in [0.3, 0.4) is 0 Å². The quantitative estimate of drug-likeness (QED) is 0.250. The van der Waals surface area contributed by atoms with Crippen molar-refractivity contribution in [2.75, 3.05) is 0 Å². The second-order valence-electron chi connectivity index (χ2n) is 8.02. The number of unbranched alkanes of at least 4 members (excludes halogenated alkanes) is 2. The summed E-state index contributed by atoms with van der Waals surface area (Å²) in [5.74, 6) is 1.49. The van der Waals surface area contributed by atoms with Gasteiger partial charge >= 0.3 is 0 Å². The van der Waals surface area contributed by atoms with Crippen LogP contribution in [-0.4, -0.2) is 40.6 Å². The Bertz CT molecular complexity index is 1090. The van der Waals surface area contributed by atoms with E-state index in [0.717, 1.165) is 35.4 Å². The summed E-state index contributed by atoms with van der Waals surface area (Å²) in [5, 5.41) is 19.5. The van der Waals surface area contributed by atoms with Crippen molar-refractivity contribution >= 4 is 12.6 Å². The van der Waals surface area contributed by atoms with Gasteiger partial charge in [-0.25, -0.2) is 9.67 Å². The first kappa shape index (κ1) is 22.2. The fourth-order valence-corrected chi connectivity index (χ4v) is 4.09. The van der Waals surface area contributed by atoms with Crippen molar-refractivity contribution in [3.8, 4) is 22.5 Å². The maximum absolute atomic E-state index is 4.71. The fourth-order valence-electron chi connectivity index (χ4n) is 3.78. The summed E-state index contributed by atoms with van der Waals surface area (Å²) in [4.78, 5) is 4.48. The summed E-state index contributed by atoms with van der Waals surface area (Å²) in [6, 6.07) is 16.6. The van der Waals surface area contributed by atoms with Gasteiger partial charge in [0.15, 0.2) is 5.82 Å². The van der Waals surface area contributed by atoms with E-state index in [0.29, 0.717) is 17.6 Å². The lowest BCUT2D eigenvalue weighted by Gasteiger charge is -2.08. The topological polar surface area (TPSA) is 85.2 Å². The Morgan fingerprint density at radius 1 is 1.00 bits per heavy atom. The molecule has 2 aromatic carbocycles. The number of aromatic nitrogens is 7. The number of H-pyrrole nitrogens is 1. The van der Waals surface area contributed by atoms with E-state index >= 15 is 0 Å². The van der Waals surface area contributed by atoms with Crippen LogP contribution in [0, 0.1) is 0 Å². The summed E-state index contributed by atoms with van der Waals surface area (Å²) in [5.41, 5.74) is 4.31. The SMILES string of the molecule is CCCCCC(S)CCc1ncn(Cc2ccc(-c3ccccc3-c3nn[nH]n3)cc2)n1.